The number of halogens is 2. The first-order chi connectivity index (χ1) is 15.0. The minimum absolute atomic E-state index is 0.00693. The molecule has 0 saturated carbocycles. The molecule has 8 heteroatoms. The van der Waals surface area contributed by atoms with E-state index in [1.54, 1.807) is 17.4 Å². The van der Waals surface area contributed by atoms with Crippen LogP contribution < -0.4 is 5.32 Å². The number of benzene rings is 1. The molecule has 2 aromatic heterocycles. The molecule has 4 rings (SSSR count). The Kier molecular flexibility index (Phi) is 7.42. The van der Waals surface area contributed by atoms with E-state index in [0.29, 0.717) is 22.3 Å². The minimum Gasteiger partial charge on any atom is -0.355 e. The molecule has 1 atom stereocenters. The van der Waals surface area contributed by atoms with Gasteiger partial charge in [0.25, 0.3) is 0 Å². The second-order valence-electron chi connectivity index (χ2n) is 7.86. The number of carbonyl (C=O) groups excluding carboxylic acids is 1. The quantitative estimate of drug-likeness (QED) is 0.284. The van der Waals surface area contributed by atoms with E-state index in [1.165, 1.54) is 28.6 Å². The van der Waals surface area contributed by atoms with Gasteiger partial charge in [-0.15, -0.1) is 11.3 Å². The highest BCUT2D eigenvalue weighted by atomic mass is 35.5. The SMILES string of the molecule is CCC[C@@H](CNC(=O)CSc1nc(C)nc2sc3c(c12)CCC3)c1ccc(Cl)cc1Cl. The van der Waals surface area contributed by atoms with Crippen molar-refractivity contribution in [3.8, 4) is 0 Å². The number of hydrogen-bond donors (Lipinski definition) is 1. The van der Waals surface area contributed by atoms with Crippen LogP contribution in [0.4, 0.5) is 0 Å². The molecule has 1 aliphatic carbocycles. The minimum atomic E-state index is 0.00693. The Morgan fingerprint density at radius 1 is 1.29 bits per heavy atom. The zero-order valence-electron chi connectivity index (χ0n) is 17.6. The van der Waals surface area contributed by atoms with Crippen LogP contribution in [0.1, 0.15) is 53.9 Å². The average molecular weight is 495 g/mol. The average Bonchev–Trinajstić information content (AvgIpc) is 3.30. The third-order valence-corrected chi connectivity index (χ3v) is 8.29. The topological polar surface area (TPSA) is 54.9 Å². The van der Waals surface area contributed by atoms with Crippen molar-refractivity contribution >= 4 is 62.4 Å². The largest absolute Gasteiger partial charge is 0.355 e. The van der Waals surface area contributed by atoms with Gasteiger partial charge in [0.15, 0.2) is 0 Å². The smallest absolute Gasteiger partial charge is 0.230 e. The number of aryl methyl sites for hydroxylation is 3. The molecule has 0 fully saturated rings. The maximum absolute atomic E-state index is 12.7. The molecule has 1 amide bonds. The fourth-order valence-electron chi connectivity index (χ4n) is 4.14. The molecule has 0 aliphatic heterocycles. The summed E-state index contributed by atoms with van der Waals surface area (Å²) in [4.78, 5) is 24.4. The fraction of sp³-hybridized carbons (Fsp3) is 0.435. The number of carbonyl (C=O) groups is 1. The molecule has 3 aromatic rings. The number of hydrogen-bond acceptors (Lipinski definition) is 5. The summed E-state index contributed by atoms with van der Waals surface area (Å²) in [5.74, 6) is 1.27. The number of aromatic nitrogens is 2. The summed E-state index contributed by atoms with van der Waals surface area (Å²) < 4.78 is 0. The van der Waals surface area contributed by atoms with Crippen molar-refractivity contribution < 1.29 is 4.79 Å². The Morgan fingerprint density at radius 3 is 2.90 bits per heavy atom. The third-order valence-electron chi connectivity index (χ3n) is 5.57. The number of rotatable bonds is 8. The van der Waals surface area contributed by atoms with Crippen LogP contribution in [0.15, 0.2) is 23.2 Å². The summed E-state index contributed by atoms with van der Waals surface area (Å²) in [6.45, 7) is 4.61. The number of thiophene rings is 1. The van der Waals surface area contributed by atoms with Gasteiger partial charge in [0.1, 0.15) is 15.7 Å². The lowest BCUT2D eigenvalue weighted by Gasteiger charge is -2.19. The number of fused-ring (bicyclic) bond motifs is 3. The van der Waals surface area contributed by atoms with Gasteiger partial charge in [-0.3, -0.25) is 4.79 Å². The molecule has 0 unspecified atom stereocenters. The van der Waals surface area contributed by atoms with Crippen LogP contribution in [-0.4, -0.2) is 28.2 Å². The van der Waals surface area contributed by atoms with E-state index in [1.807, 2.05) is 19.1 Å². The highest BCUT2D eigenvalue weighted by Crippen LogP contribution is 2.40. The predicted molar refractivity (Wildman–Crippen MR) is 132 cm³/mol. The van der Waals surface area contributed by atoms with Gasteiger partial charge >= 0.3 is 0 Å². The summed E-state index contributed by atoms with van der Waals surface area (Å²) >= 11 is 15.7. The first-order valence-electron chi connectivity index (χ1n) is 10.6. The number of thioether (sulfide) groups is 1. The molecule has 31 heavy (non-hydrogen) atoms. The monoisotopic (exact) mass is 493 g/mol. The van der Waals surface area contributed by atoms with Crippen molar-refractivity contribution in [1.82, 2.24) is 15.3 Å². The fourth-order valence-corrected chi connectivity index (χ4v) is 7.00. The van der Waals surface area contributed by atoms with Gasteiger partial charge in [-0.25, -0.2) is 9.97 Å². The van der Waals surface area contributed by atoms with E-state index in [2.05, 4.69) is 22.2 Å². The molecule has 1 aromatic carbocycles. The van der Waals surface area contributed by atoms with Crippen LogP contribution >= 0.6 is 46.3 Å². The van der Waals surface area contributed by atoms with Crippen molar-refractivity contribution in [3.05, 3.63) is 50.1 Å². The van der Waals surface area contributed by atoms with Crippen LogP contribution in [0, 0.1) is 6.92 Å². The molecular weight excluding hydrogens is 469 g/mol. The molecule has 2 heterocycles. The maximum Gasteiger partial charge on any atom is 0.230 e. The van der Waals surface area contributed by atoms with Crippen molar-refractivity contribution in [1.29, 1.82) is 0 Å². The van der Waals surface area contributed by atoms with E-state index in [9.17, 15) is 4.79 Å². The van der Waals surface area contributed by atoms with Crippen LogP contribution in [0.25, 0.3) is 10.2 Å². The van der Waals surface area contributed by atoms with Crippen molar-refractivity contribution in [2.45, 2.75) is 56.9 Å². The lowest BCUT2D eigenvalue weighted by Crippen LogP contribution is -2.30. The Balaban J connectivity index is 1.42. The maximum atomic E-state index is 12.7. The number of nitrogens with zero attached hydrogens (tertiary/aromatic N) is 2. The van der Waals surface area contributed by atoms with Crippen LogP contribution in [0.5, 0.6) is 0 Å². The van der Waals surface area contributed by atoms with Crippen molar-refractivity contribution in [2.24, 2.45) is 0 Å². The standard InChI is InChI=1S/C23H25Cl2N3OS2/c1-3-5-14(16-9-8-15(24)10-18(16)25)11-26-20(29)12-30-22-21-17-6-4-7-19(17)31-23(21)28-13(2)27-22/h8-10,14H,3-7,11-12H2,1-2H3,(H,26,29)/t14-/m0/s1. The first-order valence-corrected chi connectivity index (χ1v) is 13.2. The predicted octanol–water partition coefficient (Wildman–Crippen LogP) is 6.59. The second-order valence-corrected chi connectivity index (χ2v) is 10.7. The number of nitrogens with one attached hydrogen (secondary N) is 1. The summed E-state index contributed by atoms with van der Waals surface area (Å²) in [6.07, 6.45) is 5.37. The Morgan fingerprint density at radius 2 is 2.13 bits per heavy atom. The van der Waals surface area contributed by atoms with Crippen molar-refractivity contribution in [3.63, 3.8) is 0 Å². The zero-order valence-corrected chi connectivity index (χ0v) is 20.8. The Hall–Kier alpha value is -1.34. The molecule has 0 spiro atoms. The van der Waals surface area contributed by atoms with Gasteiger partial charge in [-0.05, 0) is 55.9 Å². The highest BCUT2D eigenvalue weighted by Gasteiger charge is 2.22. The van der Waals surface area contributed by atoms with Gasteiger partial charge in [0, 0.05) is 32.8 Å². The van der Waals surface area contributed by atoms with Gasteiger partial charge in [0.05, 0.1) is 5.75 Å². The van der Waals surface area contributed by atoms with Gasteiger partial charge in [0.2, 0.25) is 5.91 Å². The van der Waals surface area contributed by atoms with E-state index in [4.69, 9.17) is 23.2 Å². The van der Waals surface area contributed by atoms with Crippen molar-refractivity contribution in [2.75, 3.05) is 12.3 Å². The van der Waals surface area contributed by atoms with Crippen LogP contribution in [0.3, 0.4) is 0 Å². The molecule has 0 bridgehead atoms. The first kappa shape index (κ1) is 22.8. The Labute approximate surface area is 201 Å². The van der Waals surface area contributed by atoms with E-state index in [0.717, 1.165) is 52.3 Å². The molecule has 0 saturated heterocycles. The Bertz CT molecular complexity index is 1120. The molecule has 164 valence electrons. The molecule has 1 aliphatic rings. The molecule has 1 N–H and O–H groups in total. The third kappa shape index (κ3) is 5.19. The van der Waals surface area contributed by atoms with Gasteiger partial charge in [-0.1, -0.05) is 54.4 Å². The summed E-state index contributed by atoms with van der Waals surface area (Å²) in [5, 5.41) is 6.47. The van der Waals surface area contributed by atoms with Crippen LogP contribution in [-0.2, 0) is 17.6 Å². The molecule has 4 nitrogen and oxygen atoms in total. The van der Waals surface area contributed by atoms with Gasteiger partial charge < -0.3 is 5.32 Å². The highest BCUT2D eigenvalue weighted by molar-refractivity contribution is 8.00. The van der Waals surface area contributed by atoms with E-state index < -0.39 is 0 Å². The zero-order chi connectivity index (χ0) is 22.0. The summed E-state index contributed by atoms with van der Waals surface area (Å²) in [6, 6.07) is 5.58. The van der Waals surface area contributed by atoms with Crippen LogP contribution in [0.2, 0.25) is 10.0 Å². The molecular formula is C23H25Cl2N3OS2. The lowest BCUT2D eigenvalue weighted by molar-refractivity contribution is -0.118. The number of amides is 1. The summed E-state index contributed by atoms with van der Waals surface area (Å²) in [5.41, 5.74) is 2.42. The molecule has 0 radical (unpaired) electrons. The second kappa shape index (κ2) is 10.1. The normalized spacial score (nSPS) is 14.1. The lowest BCUT2D eigenvalue weighted by atomic mass is 9.94. The van der Waals surface area contributed by atoms with E-state index in [-0.39, 0.29) is 11.8 Å². The van der Waals surface area contributed by atoms with E-state index >= 15 is 0 Å². The summed E-state index contributed by atoms with van der Waals surface area (Å²) in [7, 11) is 0. The van der Waals surface area contributed by atoms with Gasteiger partial charge in [-0.2, -0.15) is 0 Å².